The van der Waals surface area contributed by atoms with Gasteiger partial charge in [-0.05, 0) is 41.8 Å². The van der Waals surface area contributed by atoms with E-state index >= 15 is 0 Å². The lowest BCUT2D eigenvalue weighted by Crippen LogP contribution is -2.48. The highest BCUT2D eigenvalue weighted by atomic mass is 79.9. The molecule has 2 rings (SSSR count). The number of halogens is 1. The molecule has 1 amide bonds. The third kappa shape index (κ3) is 5.24. The predicted molar refractivity (Wildman–Crippen MR) is 95.9 cm³/mol. The van der Waals surface area contributed by atoms with Crippen LogP contribution in [-0.4, -0.2) is 60.4 Å². The molecular formula is C16H21BrN2O5S. The highest BCUT2D eigenvalue weighted by Gasteiger charge is 2.36. The monoisotopic (exact) mass is 432 g/mol. The normalized spacial score (nSPS) is 20.0. The Kier molecular flexibility index (Phi) is 6.56. The highest BCUT2D eigenvalue weighted by molar-refractivity contribution is 9.10. The van der Waals surface area contributed by atoms with Crippen LogP contribution in [0.3, 0.4) is 0 Å². The Morgan fingerprint density at radius 2 is 2.16 bits per heavy atom. The Bertz CT molecular complexity index is 753. The second kappa shape index (κ2) is 8.27. The first-order valence-electron chi connectivity index (χ1n) is 8.02. The minimum atomic E-state index is -3.11. The van der Waals surface area contributed by atoms with Gasteiger partial charge in [0.15, 0.2) is 16.4 Å². The van der Waals surface area contributed by atoms with Gasteiger partial charge in [0.2, 0.25) is 0 Å². The van der Waals surface area contributed by atoms with Crippen molar-refractivity contribution in [1.82, 2.24) is 9.88 Å². The van der Waals surface area contributed by atoms with E-state index in [1.165, 1.54) is 12.4 Å². The van der Waals surface area contributed by atoms with Gasteiger partial charge in [0.1, 0.15) is 0 Å². The molecule has 2 atom stereocenters. The molecule has 0 bridgehead atoms. The molecule has 1 aromatic heterocycles. The topological polar surface area (TPSA) is 93.6 Å². The van der Waals surface area contributed by atoms with Crippen LogP contribution in [0.15, 0.2) is 22.9 Å². The van der Waals surface area contributed by atoms with Gasteiger partial charge in [-0.25, -0.2) is 13.2 Å². The summed E-state index contributed by atoms with van der Waals surface area (Å²) in [4.78, 5) is 30.0. The summed E-state index contributed by atoms with van der Waals surface area (Å²) in [6.45, 7) is 3.36. The van der Waals surface area contributed by atoms with Crippen molar-refractivity contribution in [2.75, 3.05) is 18.1 Å². The van der Waals surface area contributed by atoms with Crippen LogP contribution in [0.5, 0.6) is 0 Å². The van der Waals surface area contributed by atoms with Crippen molar-refractivity contribution >= 4 is 37.6 Å². The summed E-state index contributed by atoms with van der Waals surface area (Å²) in [5.41, 5.74) is 0.237. The largest absolute Gasteiger partial charge is 0.452 e. The van der Waals surface area contributed by atoms with Crippen molar-refractivity contribution in [2.45, 2.75) is 38.8 Å². The number of sulfone groups is 1. The lowest BCUT2D eigenvalue weighted by molar-refractivity contribution is -0.138. The Balaban J connectivity index is 2.03. The van der Waals surface area contributed by atoms with Crippen molar-refractivity contribution in [3.63, 3.8) is 0 Å². The van der Waals surface area contributed by atoms with E-state index in [-0.39, 0.29) is 35.1 Å². The summed E-state index contributed by atoms with van der Waals surface area (Å²) in [6.07, 6.45) is 3.99. The highest BCUT2D eigenvalue weighted by Crippen LogP contribution is 2.21. The molecule has 138 valence electrons. The molecule has 0 spiro atoms. The number of rotatable bonds is 6. The summed E-state index contributed by atoms with van der Waals surface area (Å²) in [7, 11) is -3.11. The molecule has 1 aliphatic rings. The minimum absolute atomic E-state index is 0.0351. The van der Waals surface area contributed by atoms with E-state index in [9.17, 15) is 18.0 Å². The van der Waals surface area contributed by atoms with E-state index in [0.29, 0.717) is 17.3 Å². The SMILES string of the molecule is CC[C@H](C)N(C(=O)COC(=O)c1cncc(Br)c1)[C@H]1CCS(=O)(=O)C1. The Morgan fingerprint density at radius 1 is 1.44 bits per heavy atom. The molecule has 25 heavy (non-hydrogen) atoms. The molecule has 9 heteroatoms. The minimum Gasteiger partial charge on any atom is -0.452 e. The molecular weight excluding hydrogens is 412 g/mol. The number of hydrogen-bond acceptors (Lipinski definition) is 6. The van der Waals surface area contributed by atoms with Gasteiger partial charge in [-0.2, -0.15) is 0 Å². The standard InChI is InChI=1S/C16H21BrN2O5S/c1-3-11(2)19(14-4-5-25(22,23)10-14)15(20)9-24-16(21)12-6-13(17)8-18-7-12/h6-8,11,14H,3-5,9-10H2,1-2H3/t11-,14-/m0/s1. The fraction of sp³-hybridized carbons (Fsp3) is 0.562. The number of pyridine rings is 1. The van der Waals surface area contributed by atoms with Crippen LogP contribution in [0, 0.1) is 0 Å². The molecule has 1 fully saturated rings. The van der Waals surface area contributed by atoms with Crippen molar-refractivity contribution < 1.29 is 22.7 Å². The fourth-order valence-electron chi connectivity index (χ4n) is 2.81. The quantitative estimate of drug-likeness (QED) is 0.636. The van der Waals surface area contributed by atoms with Crippen LogP contribution >= 0.6 is 15.9 Å². The zero-order valence-electron chi connectivity index (χ0n) is 14.1. The summed E-state index contributed by atoms with van der Waals surface area (Å²) < 4.78 is 29.2. The zero-order valence-corrected chi connectivity index (χ0v) is 16.5. The molecule has 0 radical (unpaired) electrons. The summed E-state index contributed by atoms with van der Waals surface area (Å²) in [5.74, 6) is -0.980. The first-order chi connectivity index (χ1) is 11.7. The number of hydrogen-bond donors (Lipinski definition) is 0. The number of amides is 1. The van der Waals surface area contributed by atoms with Gasteiger partial charge in [0.05, 0.1) is 17.1 Å². The van der Waals surface area contributed by atoms with Crippen LogP contribution in [0.4, 0.5) is 0 Å². The average Bonchev–Trinajstić information content (AvgIpc) is 2.92. The average molecular weight is 433 g/mol. The maximum absolute atomic E-state index is 12.6. The van der Waals surface area contributed by atoms with Crippen LogP contribution < -0.4 is 0 Å². The number of carbonyl (C=O) groups excluding carboxylic acids is 2. The van der Waals surface area contributed by atoms with E-state index in [1.807, 2.05) is 13.8 Å². The first kappa shape index (κ1) is 19.8. The maximum atomic E-state index is 12.6. The summed E-state index contributed by atoms with van der Waals surface area (Å²) >= 11 is 3.22. The molecule has 0 unspecified atom stereocenters. The Morgan fingerprint density at radius 3 is 2.72 bits per heavy atom. The van der Waals surface area contributed by atoms with Gasteiger partial charge >= 0.3 is 5.97 Å². The van der Waals surface area contributed by atoms with Crippen molar-refractivity contribution in [3.8, 4) is 0 Å². The number of carbonyl (C=O) groups is 2. The van der Waals surface area contributed by atoms with Gasteiger partial charge in [0.25, 0.3) is 5.91 Å². The number of nitrogens with zero attached hydrogens (tertiary/aromatic N) is 2. The molecule has 2 heterocycles. The van der Waals surface area contributed by atoms with Crippen LogP contribution in [-0.2, 0) is 19.4 Å². The van der Waals surface area contributed by atoms with Gasteiger partial charge in [-0.15, -0.1) is 0 Å². The Labute approximate surface area is 155 Å². The van der Waals surface area contributed by atoms with E-state index in [4.69, 9.17) is 4.74 Å². The molecule has 1 aromatic rings. The molecule has 1 saturated heterocycles. The third-order valence-electron chi connectivity index (χ3n) is 4.22. The number of esters is 1. The molecule has 0 aromatic carbocycles. The van der Waals surface area contributed by atoms with Gasteiger partial charge in [-0.3, -0.25) is 9.78 Å². The van der Waals surface area contributed by atoms with Crippen molar-refractivity contribution in [3.05, 3.63) is 28.5 Å². The summed E-state index contributed by atoms with van der Waals surface area (Å²) in [5, 5.41) is 0. The van der Waals surface area contributed by atoms with Crippen LogP contribution in [0.25, 0.3) is 0 Å². The fourth-order valence-corrected chi connectivity index (χ4v) is 4.89. The van der Waals surface area contributed by atoms with E-state index in [1.54, 1.807) is 11.0 Å². The first-order valence-corrected chi connectivity index (χ1v) is 10.6. The predicted octanol–water partition coefficient (Wildman–Crippen LogP) is 1.82. The van der Waals surface area contributed by atoms with E-state index in [2.05, 4.69) is 20.9 Å². The van der Waals surface area contributed by atoms with E-state index < -0.39 is 22.4 Å². The van der Waals surface area contributed by atoms with Gasteiger partial charge < -0.3 is 9.64 Å². The van der Waals surface area contributed by atoms with Crippen molar-refractivity contribution in [2.24, 2.45) is 0 Å². The molecule has 0 aliphatic carbocycles. The van der Waals surface area contributed by atoms with E-state index in [0.717, 1.165) is 0 Å². The molecule has 0 saturated carbocycles. The lowest BCUT2D eigenvalue weighted by atomic mass is 10.1. The third-order valence-corrected chi connectivity index (χ3v) is 6.41. The lowest BCUT2D eigenvalue weighted by Gasteiger charge is -2.33. The second-order valence-electron chi connectivity index (χ2n) is 6.08. The summed E-state index contributed by atoms with van der Waals surface area (Å²) in [6, 6.07) is 1.06. The van der Waals surface area contributed by atoms with Crippen LogP contribution in [0.1, 0.15) is 37.0 Å². The van der Waals surface area contributed by atoms with Gasteiger partial charge in [-0.1, -0.05) is 6.92 Å². The Hall–Kier alpha value is -1.48. The molecule has 1 aliphatic heterocycles. The van der Waals surface area contributed by atoms with Crippen molar-refractivity contribution in [1.29, 1.82) is 0 Å². The maximum Gasteiger partial charge on any atom is 0.340 e. The smallest absolute Gasteiger partial charge is 0.340 e. The molecule has 0 N–H and O–H groups in total. The number of ether oxygens (including phenoxy) is 1. The van der Waals surface area contributed by atoms with Gasteiger partial charge in [0, 0.05) is 29.0 Å². The second-order valence-corrected chi connectivity index (χ2v) is 9.23. The van der Waals surface area contributed by atoms with Crippen LogP contribution in [0.2, 0.25) is 0 Å². The number of aromatic nitrogens is 1. The zero-order chi connectivity index (χ0) is 18.6. The molecule has 7 nitrogen and oxygen atoms in total.